The lowest BCUT2D eigenvalue weighted by atomic mass is 9.91. The fourth-order valence-electron chi connectivity index (χ4n) is 6.88. The molecule has 1 saturated heterocycles. The quantitative estimate of drug-likeness (QED) is 0.150. The minimum atomic E-state index is -1.18. The summed E-state index contributed by atoms with van der Waals surface area (Å²) in [5.41, 5.74) is 5.23. The molecule has 1 aliphatic heterocycles. The maximum absolute atomic E-state index is 15.8. The Morgan fingerprint density at radius 3 is 2.38 bits per heavy atom. The van der Waals surface area contributed by atoms with Crippen LogP contribution in [-0.4, -0.2) is 57.7 Å². The maximum Gasteiger partial charge on any atom is 0.337 e. The third-order valence-corrected chi connectivity index (χ3v) is 9.49. The highest BCUT2D eigenvalue weighted by molar-refractivity contribution is 5.87. The molecule has 50 heavy (non-hydrogen) atoms. The van der Waals surface area contributed by atoms with Crippen molar-refractivity contribution < 1.29 is 28.5 Å². The lowest BCUT2D eigenvalue weighted by molar-refractivity contribution is -0.160. The molecule has 0 bridgehead atoms. The van der Waals surface area contributed by atoms with Crippen LogP contribution < -0.4 is 9.64 Å². The number of pyridine rings is 1. The van der Waals surface area contributed by atoms with E-state index in [0.717, 1.165) is 54.4 Å². The van der Waals surface area contributed by atoms with Gasteiger partial charge < -0.3 is 24.2 Å². The third-order valence-electron chi connectivity index (χ3n) is 9.49. The third kappa shape index (κ3) is 8.16. The van der Waals surface area contributed by atoms with Gasteiger partial charge in [0.2, 0.25) is 0 Å². The monoisotopic (exact) mass is 687 g/mol. The van der Waals surface area contributed by atoms with Crippen LogP contribution in [0.25, 0.3) is 27.9 Å². The summed E-state index contributed by atoms with van der Waals surface area (Å²) in [7, 11) is 0. The minimum Gasteiger partial charge on any atom is -0.490 e. The number of rotatable bonds is 13. The summed E-state index contributed by atoms with van der Waals surface area (Å²) in [6.45, 7) is 19.8. The van der Waals surface area contributed by atoms with Gasteiger partial charge in [0.25, 0.3) is 0 Å². The van der Waals surface area contributed by atoms with Gasteiger partial charge in [-0.05, 0) is 109 Å². The number of aryl methyl sites for hydroxylation is 2. The van der Waals surface area contributed by atoms with Crippen molar-refractivity contribution in [3.05, 3.63) is 71.2 Å². The van der Waals surface area contributed by atoms with Crippen molar-refractivity contribution in [2.24, 2.45) is 0 Å². The maximum atomic E-state index is 15.8. The highest BCUT2D eigenvalue weighted by atomic mass is 19.1. The van der Waals surface area contributed by atoms with Crippen LogP contribution in [-0.2, 0) is 14.3 Å². The Hall–Kier alpha value is -3.95. The van der Waals surface area contributed by atoms with Gasteiger partial charge >= 0.3 is 5.97 Å². The number of carboxylic acid groups (broad SMARTS) is 1. The van der Waals surface area contributed by atoms with Crippen LogP contribution in [0, 0.1) is 19.7 Å². The largest absolute Gasteiger partial charge is 0.490 e. The Morgan fingerprint density at radius 2 is 1.74 bits per heavy atom. The number of anilines is 1. The van der Waals surface area contributed by atoms with Gasteiger partial charge in [0.1, 0.15) is 11.6 Å². The van der Waals surface area contributed by atoms with Crippen molar-refractivity contribution in [3.8, 4) is 28.1 Å². The molecule has 4 aromatic rings. The van der Waals surface area contributed by atoms with Crippen LogP contribution in [0.4, 0.5) is 10.1 Å². The second-order valence-electron chi connectivity index (χ2n) is 15.0. The van der Waals surface area contributed by atoms with Gasteiger partial charge in [-0.2, -0.15) is 5.10 Å². The van der Waals surface area contributed by atoms with Crippen molar-refractivity contribution in [1.29, 1.82) is 0 Å². The van der Waals surface area contributed by atoms with E-state index in [0.29, 0.717) is 53.4 Å². The zero-order valence-electron chi connectivity index (χ0n) is 31.2. The molecule has 1 N–H and O–H groups in total. The highest BCUT2D eigenvalue weighted by Gasteiger charge is 2.37. The predicted octanol–water partition coefficient (Wildman–Crippen LogP) is 9.72. The van der Waals surface area contributed by atoms with E-state index < -0.39 is 17.7 Å². The van der Waals surface area contributed by atoms with Gasteiger partial charge in [0, 0.05) is 37.0 Å². The molecular weight excluding hydrogens is 633 g/mol. The summed E-state index contributed by atoms with van der Waals surface area (Å²) >= 11 is 0. The Balaban J connectivity index is 1.64. The molecule has 2 aromatic carbocycles. The fourth-order valence-corrected chi connectivity index (χ4v) is 6.88. The summed E-state index contributed by atoms with van der Waals surface area (Å²) in [5.74, 6) is -0.831. The SMILES string of the molecule is CCCOC1(C)CCN(c2c([C@H](OC(C)(C)C)C(=O)O)c(C)cn3nc(-c4cccc(-c5c(O[C@@H](C)CCC)ccc(C)c5F)c4)cc23)CC1. The van der Waals surface area contributed by atoms with E-state index in [1.54, 1.807) is 13.0 Å². The number of aromatic nitrogens is 2. The van der Waals surface area contributed by atoms with E-state index in [-0.39, 0.29) is 17.5 Å². The van der Waals surface area contributed by atoms with E-state index in [9.17, 15) is 9.90 Å². The summed E-state index contributed by atoms with van der Waals surface area (Å²) in [5, 5.41) is 15.5. The molecule has 0 unspecified atom stereocenters. The van der Waals surface area contributed by atoms with Crippen molar-refractivity contribution in [1.82, 2.24) is 9.61 Å². The molecule has 5 rings (SSSR count). The zero-order chi connectivity index (χ0) is 36.4. The number of piperidine rings is 1. The summed E-state index contributed by atoms with van der Waals surface area (Å²) in [6.07, 6.45) is 5.04. The second kappa shape index (κ2) is 15.1. The molecule has 0 aliphatic carbocycles. The number of nitrogens with zero attached hydrogens (tertiary/aromatic N) is 3. The average molecular weight is 688 g/mol. The normalized spacial score (nSPS) is 16.1. The van der Waals surface area contributed by atoms with E-state index in [1.165, 1.54) is 0 Å². The van der Waals surface area contributed by atoms with Crippen LogP contribution in [0.5, 0.6) is 5.75 Å². The number of benzene rings is 2. The number of hydrogen-bond donors (Lipinski definition) is 1. The van der Waals surface area contributed by atoms with E-state index >= 15 is 4.39 Å². The lowest BCUT2D eigenvalue weighted by Crippen LogP contribution is -2.45. The zero-order valence-corrected chi connectivity index (χ0v) is 31.2. The first-order valence-corrected chi connectivity index (χ1v) is 18.0. The number of ether oxygens (including phenoxy) is 3. The van der Waals surface area contributed by atoms with Gasteiger partial charge in [-0.15, -0.1) is 0 Å². The van der Waals surface area contributed by atoms with Gasteiger partial charge in [0.05, 0.1) is 39.8 Å². The first-order valence-electron chi connectivity index (χ1n) is 18.0. The first-order chi connectivity index (χ1) is 23.6. The number of halogens is 1. The summed E-state index contributed by atoms with van der Waals surface area (Å²) in [6, 6.07) is 13.3. The smallest absolute Gasteiger partial charge is 0.337 e. The molecule has 0 amide bonds. The Morgan fingerprint density at radius 1 is 1.04 bits per heavy atom. The van der Waals surface area contributed by atoms with Gasteiger partial charge in [-0.3, -0.25) is 0 Å². The van der Waals surface area contributed by atoms with E-state index in [4.69, 9.17) is 19.3 Å². The number of fused-ring (bicyclic) bond motifs is 1. The van der Waals surface area contributed by atoms with E-state index in [2.05, 4.69) is 25.7 Å². The van der Waals surface area contributed by atoms with Crippen LogP contribution in [0.1, 0.15) is 103 Å². The Kier molecular flexibility index (Phi) is 11.3. The minimum absolute atomic E-state index is 0.0545. The Labute approximate surface area is 296 Å². The predicted molar refractivity (Wildman–Crippen MR) is 198 cm³/mol. The number of aliphatic carboxylic acids is 1. The lowest BCUT2D eigenvalue weighted by Gasteiger charge is -2.41. The van der Waals surface area contributed by atoms with Gasteiger partial charge in [-0.25, -0.2) is 13.7 Å². The standard InChI is InChI=1S/C41H54FN3O5/c1-10-13-28(5)49-33-17-16-26(3)36(42)35(33)30-15-12-14-29(23-30)31-24-32-37(44-20-18-41(9,19-21-44)48-22-11-2)34(27(4)25-45(32)43-31)38(39(46)47)50-40(6,7)8/h12,14-17,23-25,28,38H,10-11,13,18-22H2,1-9H3,(H,46,47)/t28-,38-/m0/s1. The molecule has 9 heteroatoms. The number of hydrogen-bond acceptors (Lipinski definition) is 6. The molecular formula is C41H54FN3O5. The molecule has 3 heterocycles. The molecule has 0 saturated carbocycles. The van der Waals surface area contributed by atoms with Crippen LogP contribution >= 0.6 is 0 Å². The van der Waals surface area contributed by atoms with Crippen molar-refractivity contribution >= 4 is 17.2 Å². The van der Waals surface area contributed by atoms with Crippen molar-refractivity contribution in [3.63, 3.8) is 0 Å². The molecule has 1 fully saturated rings. The van der Waals surface area contributed by atoms with Crippen LogP contribution in [0.2, 0.25) is 0 Å². The average Bonchev–Trinajstić information content (AvgIpc) is 3.48. The molecule has 2 aromatic heterocycles. The molecule has 8 nitrogen and oxygen atoms in total. The second-order valence-corrected chi connectivity index (χ2v) is 15.0. The van der Waals surface area contributed by atoms with Gasteiger partial charge in [-0.1, -0.05) is 44.5 Å². The number of carboxylic acids is 1. The highest BCUT2D eigenvalue weighted by Crippen LogP contribution is 2.42. The number of carbonyl (C=O) groups is 1. The van der Waals surface area contributed by atoms with Crippen molar-refractivity contribution in [2.45, 2.75) is 118 Å². The fraction of sp³-hybridized carbons (Fsp3) is 0.512. The summed E-state index contributed by atoms with van der Waals surface area (Å²) in [4.78, 5) is 15.1. The molecule has 0 radical (unpaired) electrons. The first kappa shape index (κ1) is 37.3. The van der Waals surface area contributed by atoms with Crippen LogP contribution in [0.3, 0.4) is 0 Å². The topological polar surface area (TPSA) is 85.5 Å². The molecule has 1 aliphatic rings. The Bertz CT molecular complexity index is 1820. The molecule has 0 spiro atoms. The van der Waals surface area contributed by atoms with Crippen molar-refractivity contribution in [2.75, 3.05) is 24.6 Å². The van der Waals surface area contributed by atoms with Crippen LogP contribution in [0.15, 0.2) is 48.7 Å². The van der Waals surface area contributed by atoms with Gasteiger partial charge in [0.15, 0.2) is 6.10 Å². The van der Waals surface area contributed by atoms with E-state index in [1.807, 2.05) is 81.7 Å². The molecule has 2 atom stereocenters. The molecule has 270 valence electrons. The summed E-state index contributed by atoms with van der Waals surface area (Å²) < 4.78 is 36.4.